The van der Waals surface area contributed by atoms with E-state index in [0.29, 0.717) is 12.3 Å². The first-order chi connectivity index (χ1) is 9.67. The van der Waals surface area contributed by atoms with Gasteiger partial charge in [-0.1, -0.05) is 12.1 Å². The third-order valence-corrected chi connectivity index (χ3v) is 3.20. The highest BCUT2D eigenvalue weighted by molar-refractivity contribution is 5.75. The van der Waals surface area contributed by atoms with Crippen LogP contribution >= 0.6 is 0 Å². The molecule has 20 heavy (non-hydrogen) atoms. The number of nitrogens with zero attached hydrogens (tertiary/aromatic N) is 4. The van der Waals surface area contributed by atoms with Gasteiger partial charge in [-0.25, -0.2) is 9.97 Å². The van der Waals surface area contributed by atoms with Crippen LogP contribution in [0.25, 0.3) is 11.0 Å². The van der Waals surface area contributed by atoms with Crippen LogP contribution in [0, 0.1) is 0 Å². The monoisotopic (exact) mass is 269 g/mol. The SMILES string of the molecule is COc1cc(Cc2nc3ccccc3n2C)nc(N)n1. The number of methoxy groups -OCH3 is 1. The van der Waals surface area contributed by atoms with E-state index in [0.717, 1.165) is 22.6 Å². The highest BCUT2D eigenvalue weighted by atomic mass is 16.5. The van der Waals surface area contributed by atoms with E-state index >= 15 is 0 Å². The first-order valence-corrected chi connectivity index (χ1v) is 6.25. The largest absolute Gasteiger partial charge is 0.481 e. The molecule has 3 rings (SSSR count). The minimum Gasteiger partial charge on any atom is -0.481 e. The lowest BCUT2D eigenvalue weighted by Gasteiger charge is -2.05. The first kappa shape index (κ1) is 12.4. The summed E-state index contributed by atoms with van der Waals surface area (Å²) < 4.78 is 7.16. The molecule has 0 aliphatic carbocycles. The number of para-hydroxylation sites is 2. The highest BCUT2D eigenvalue weighted by Gasteiger charge is 2.10. The van der Waals surface area contributed by atoms with Gasteiger partial charge in [0.05, 0.1) is 23.8 Å². The molecule has 2 N–H and O–H groups in total. The average molecular weight is 269 g/mol. The molecule has 2 aromatic heterocycles. The molecule has 6 heteroatoms. The second-order valence-electron chi connectivity index (χ2n) is 4.51. The minimum atomic E-state index is 0.207. The number of aromatic nitrogens is 4. The summed E-state index contributed by atoms with van der Waals surface area (Å²) in [5, 5.41) is 0. The van der Waals surface area contributed by atoms with Crippen molar-refractivity contribution in [3.8, 4) is 5.88 Å². The molecule has 0 amide bonds. The van der Waals surface area contributed by atoms with Gasteiger partial charge in [0.25, 0.3) is 0 Å². The first-order valence-electron chi connectivity index (χ1n) is 6.25. The number of aryl methyl sites for hydroxylation is 1. The number of nitrogen functional groups attached to an aromatic ring is 1. The molecule has 102 valence electrons. The summed E-state index contributed by atoms with van der Waals surface area (Å²) in [7, 11) is 3.55. The zero-order chi connectivity index (χ0) is 14.1. The van der Waals surface area contributed by atoms with E-state index in [-0.39, 0.29) is 5.95 Å². The quantitative estimate of drug-likeness (QED) is 0.780. The highest BCUT2D eigenvalue weighted by Crippen LogP contribution is 2.18. The van der Waals surface area contributed by atoms with Crippen LogP contribution in [-0.2, 0) is 13.5 Å². The molecular formula is C14H15N5O. The van der Waals surface area contributed by atoms with E-state index in [2.05, 4.69) is 19.5 Å². The van der Waals surface area contributed by atoms with Crippen LogP contribution in [0.2, 0.25) is 0 Å². The van der Waals surface area contributed by atoms with E-state index < -0.39 is 0 Å². The standard InChI is InChI=1S/C14H15N5O/c1-19-11-6-4-3-5-10(11)17-12(19)7-9-8-13(20-2)18-14(15)16-9/h3-6,8H,7H2,1-2H3,(H2,15,16,18). The zero-order valence-corrected chi connectivity index (χ0v) is 11.4. The van der Waals surface area contributed by atoms with Crippen LogP contribution in [0.3, 0.4) is 0 Å². The fourth-order valence-corrected chi connectivity index (χ4v) is 2.20. The van der Waals surface area contributed by atoms with Gasteiger partial charge < -0.3 is 15.0 Å². The van der Waals surface area contributed by atoms with Crippen molar-refractivity contribution in [2.75, 3.05) is 12.8 Å². The van der Waals surface area contributed by atoms with Crippen molar-refractivity contribution in [1.29, 1.82) is 0 Å². The molecule has 0 bridgehead atoms. The molecule has 0 atom stereocenters. The van der Waals surface area contributed by atoms with Crippen LogP contribution in [0.15, 0.2) is 30.3 Å². The fourth-order valence-electron chi connectivity index (χ4n) is 2.20. The third kappa shape index (κ3) is 2.16. The van der Waals surface area contributed by atoms with Gasteiger partial charge in [-0.15, -0.1) is 0 Å². The lowest BCUT2D eigenvalue weighted by atomic mass is 10.3. The maximum atomic E-state index is 5.67. The van der Waals surface area contributed by atoms with E-state index in [1.807, 2.05) is 31.3 Å². The molecule has 0 saturated heterocycles. The number of nitrogens with two attached hydrogens (primary N) is 1. The Morgan fingerprint density at radius 1 is 1.20 bits per heavy atom. The summed E-state index contributed by atoms with van der Waals surface area (Å²) in [6.07, 6.45) is 0.578. The number of hydrogen-bond donors (Lipinski definition) is 1. The molecule has 1 aromatic carbocycles. The number of anilines is 1. The molecular weight excluding hydrogens is 254 g/mol. The summed E-state index contributed by atoms with van der Waals surface area (Å²) in [6, 6.07) is 9.79. The van der Waals surface area contributed by atoms with E-state index in [9.17, 15) is 0 Å². The molecule has 0 unspecified atom stereocenters. The predicted molar refractivity (Wildman–Crippen MR) is 76.5 cm³/mol. The van der Waals surface area contributed by atoms with Gasteiger partial charge in [-0.2, -0.15) is 4.98 Å². The molecule has 6 nitrogen and oxygen atoms in total. The van der Waals surface area contributed by atoms with Crippen molar-refractivity contribution >= 4 is 17.0 Å². The van der Waals surface area contributed by atoms with Crippen molar-refractivity contribution in [1.82, 2.24) is 19.5 Å². The van der Waals surface area contributed by atoms with Crippen molar-refractivity contribution in [2.24, 2.45) is 7.05 Å². The number of imidazole rings is 1. The molecule has 3 aromatic rings. The van der Waals surface area contributed by atoms with Gasteiger partial charge in [0.1, 0.15) is 5.82 Å². The third-order valence-electron chi connectivity index (χ3n) is 3.20. The summed E-state index contributed by atoms with van der Waals surface area (Å²) in [5.41, 5.74) is 8.52. The van der Waals surface area contributed by atoms with Crippen LogP contribution in [0.5, 0.6) is 5.88 Å². The normalized spacial score (nSPS) is 10.9. The maximum Gasteiger partial charge on any atom is 0.223 e. The van der Waals surface area contributed by atoms with Gasteiger partial charge >= 0.3 is 0 Å². The van der Waals surface area contributed by atoms with Gasteiger partial charge in [0, 0.05) is 19.5 Å². The summed E-state index contributed by atoms with van der Waals surface area (Å²) in [4.78, 5) is 12.8. The molecule has 2 heterocycles. The Bertz CT molecular complexity index is 765. The Balaban J connectivity index is 2.01. The van der Waals surface area contributed by atoms with Gasteiger partial charge in [0.2, 0.25) is 11.8 Å². The van der Waals surface area contributed by atoms with E-state index in [1.54, 1.807) is 13.2 Å². The van der Waals surface area contributed by atoms with Crippen molar-refractivity contribution < 1.29 is 4.74 Å². The average Bonchev–Trinajstić information content (AvgIpc) is 2.75. The Hall–Kier alpha value is -2.63. The molecule has 0 fully saturated rings. The summed E-state index contributed by atoms with van der Waals surface area (Å²) in [6.45, 7) is 0. The number of rotatable bonds is 3. The Morgan fingerprint density at radius 2 is 2.00 bits per heavy atom. The summed E-state index contributed by atoms with van der Waals surface area (Å²) in [5.74, 6) is 1.59. The Labute approximate surface area is 116 Å². The maximum absolute atomic E-state index is 5.67. The number of hydrogen-bond acceptors (Lipinski definition) is 5. The van der Waals surface area contributed by atoms with Crippen LogP contribution in [0.4, 0.5) is 5.95 Å². The van der Waals surface area contributed by atoms with Crippen molar-refractivity contribution in [2.45, 2.75) is 6.42 Å². The molecule has 0 saturated carbocycles. The van der Waals surface area contributed by atoms with Gasteiger partial charge in [-0.3, -0.25) is 0 Å². The lowest BCUT2D eigenvalue weighted by molar-refractivity contribution is 0.397. The molecule has 0 spiro atoms. The van der Waals surface area contributed by atoms with Crippen LogP contribution < -0.4 is 10.5 Å². The Morgan fingerprint density at radius 3 is 2.75 bits per heavy atom. The van der Waals surface area contributed by atoms with Gasteiger partial charge in [-0.05, 0) is 12.1 Å². The Kier molecular flexibility index (Phi) is 2.98. The molecule has 0 aliphatic rings. The molecule has 0 radical (unpaired) electrons. The van der Waals surface area contributed by atoms with Crippen LogP contribution in [-0.4, -0.2) is 26.6 Å². The van der Waals surface area contributed by atoms with Gasteiger partial charge in [0.15, 0.2) is 0 Å². The minimum absolute atomic E-state index is 0.207. The van der Waals surface area contributed by atoms with Crippen LogP contribution in [0.1, 0.15) is 11.5 Å². The summed E-state index contributed by atoms with van der Waals surface area (Å²) >= 11 is 0. The topological polar surface area (TPSA) is 78.8 Å². The zero-order valence-electron chi connectivity index (χ0n) is 11.4. The van der Waals surface area contributed by atoms with Crippen molar-refractivity contribution in [3.05, 3.63) is 41.9 Å². The predicted octanol–water partition coefficient (Wildman–Crippen LogP) is 1.54. The smallest absolute Gasteiger partial charge is 0.223 e. The molecule has 0 aliphatic heterocycles. The number of fused-ring (bicyclic) bond motifs is 1. The number of benzene rings is 1. The lowest BCUT2D eigenvalue weighted by Crippen LogP contribution is -2.05. The van der Waals surface area contributed by atoms with Crippen molar-refractivity contribution in [3.63, 3.8) is 0 Å². The van der Waals surface area contributed by atoms with E-state index in [4.69, 9.17) is 10.5 Å². The second-order valence-corrected chi connectivity index (χ2v) is 4.51. The fraction of sp³-hybridized carbons (Fsp3) is 0.214. The number of ether oxygens (including phenoxy) is 1. The van der Waals surface area contributed by atoms with E-state index in [1.165, 1.54) is 0 Å². The second kappa shape index (κ2) is 4.80.